The molecule has 1 aliphatic rings. The van der Waals surface area contributed by atoms with E-state index in [1.807, 2.05) is 12.4 Å². The van der Waals surface area contributed by atoms with Gasteiger partial charge in [0.25, 0.3) is 0 Å². The van der Waals surface area contributed by atoms with E-state index in [1.165, 1.54) is 24.0 Å². The number of hydrogen-bond acceptors (Lipinski definition) is 3. The number of aromatic nitrogens is 2. The third-order valence-electron chi connectivity index (χ3n) is 3.58. The Morgan fingerprint density at radius 2 is 1.94 bits per heavy atom. The van der Waals surface area contributed by atoms with Gasteiger partial charge in [-0.3, -0.25) is 0 Å². The molecule has 3 rings (SSSR count). The number of hydrogen-bond donors (Lipinski definition) is 1. The van der Waals surface area contributed by atoms with Gasteiger partial charge in [-0.15, -0.1) is 0 Å². The van der Waals surface area contributed by atoms with Crippen molar-refractivity contribution in [3.8, 4) is 0 Å². The Labute approximate surface area is 107 Å². The zero-order chi connectivity index (χ0) is 12.4. The predicted molar refractivity (Wildman–Crippen MR) is 72.6 cm³/mol. The fraction of sp³-hybridized carbons (Fsp3) is 0.333. The molecule has 92 valence electrons. The number of nitrogens with one attached hydrogen (secondary N) is 1. The van der Waals surface area contributed by atoms with E-state index in [0.29, 0.717) is 12.0 Å². The third kappa shape index (κ3) is 2.35. The van der Waals surface area contributed by atoms with Crippen molar-refractivity contribution >= 4 is 5.69 Å². The third-order valence-corrected chi connectivity index (χ3v) is 3.58. The first-order chi connectivity index (χ1) is 8.81. The van der Waals surface area contributed by atoms with Crippen molar-refractivity contribution in [1.82, 2.24) is 9.97 Å². The Balaban J connectivity index is 1.57. The minimum atomic E-state index is 0.557. The quantitative estimate of drug-likeness (QED) is 0.894. The Morgan fingerprint density at radius 1 is 1.17 bits per heavy atom. The molecule has 3 heteroatoms. The lowest BCUT2D eigenvalue weighted by molar-refractivity contribution is 0.374. The van der Waals surface area contributed by atoms with Crippen LogP contribution in [0.1, 0.15) is 29.9 Å². The Kier molecular flexibility index (Phi) is 2.97. The molecule has 1 N–H and O–H groups in total. The second-order valence-corrected chi connectivity index (χ2v) is 5.05. The maximum absolute atomic E-state index is 4.01. The fourth-order valence-corrected chi connectivity index (χ4v) is 2.54. The summed E-state index contributed by atoms with van der Waals surface area (Å²) in [5, 5.41) is 3.47. The molecule has 0 bridgehead atoms. The molecule has 1 aromatic heterocycles. The number of anilines is 1. The highest BCUT2D eigenvalue weighted by Crippen LogP contribution is 2.38. The van der Waals surface area contributed by atoms with Gasteiger partial charge in [0, 0.05) is 6.04 Å². The molecule has 0 aliphatic heterocycles. The van der Waals surface area contributed by atoms with Crippen LogP contribution < -0.4 is 5.32 Å². The van der Waals surface area contributed by atoms with Gasteiger partial charge >= 0.3 is 0 Å². The van der Waals surface area contributed by atoms with Gasteiger partial charge in [0.1, 0.15) is 6.33 Å². The van der Waals surface area contributed by atoms with E-state index < -0.39 is 0 Å². The van der Waals surface area contributed by atoms with Gasteiger partial charge in [-0.25, -0.2) is 9.97 Å². The Bertz CT molecular complexity index is 518. The van der Waals surface area contributed by atoms with Crippen molar-refractivity contribution in [2.45, 2.75) is 31.7 Å². The minimum Gasteiger partial charge on any atom is -0.380 e. The second-order valence-electron chi connectivity index (χ2n) is 5.05. The van der Waals surface area contributed by atoms with Gasteiger partial charge in [0.2, 0.25) is 0 Å². The number of aryl methyl sites for hydroxylation is 1. The SMILES string of the molecule is Cc1cccc(C2CC(Nc3cncnc3)C2)c1. The van der Waals surface area contributed by atoms with Crippen molar-refractivity contribution in [1.29, 1.82) is 0 Å². The Hall–Kier alpha value is -1.90. The predicted octanol–water partition coefficient (Wildman–Crippen LogP) is 3.14. The average Bonchev–Trinajstić information content (AvgIpc) is 2.34. The number of rotatable bonds is 3. The molecule has 0 radical (unpaired) electrons. The van der Waals surface area contributed by atoms with Crippen LogP contribution >= 0.6 is 0 Å². The second kappa shape index (κ2) is 4.77. The number of nitrogens with zero attached hydrogens (tertiary/aromatic N) is 2. The molecule has 2 aromatic rings. The molecule has 0 unspecified atom stereocenters. The van der Waals surface area contributed by atoms with E-state index in [0.717, 1.165) is 5.69 Å². The topological polar surface area (TPSA) is 37.8 Å². The van der Waals surface area contributed by atoms with Crippen LogP contribution in [0.25, 0.3) is 0 Å². The van der Waals surface area contributed by atoms with Crippen LogP contribution in [-0.2, 0) is 0 Å². The van der Waals surface area contributed by atoms with E-state index in [9.17, 15) is 0 Å². The van der Waals surface area contributed by atoms with Crippen molar-refractivity contribution in [2.24, 2.45) is 0 Å². The summed E-state index contributed by atoms with van der Waals surface area (Å²) in [6.07, 6.45) is 7.60. The molecule has 0 saturated heterocycles. The summed E-state index contributed by atoms with van der Waals surface area (Å²) in [5.41, 5.74) is 3.84. The summed E-state index contributed by atoms with van der Waals surface area (Å²) in [5.74, 6) is 0.701. The monoisotopic (exact) mass is 239 g/mol. The minimum absolute atomic E-state index is 0.557. The highest BCUT2D eigenvalue weighted by Gasteiger charge is 2.30. The fourth-order valence-electron chi connectivity index (χ4n) is 2.54. The molecule has 0 spiro atoms. The molecule has 1 saturated carbocycles. The first-order valence-electron chi connectivity index (χ1n) is 6.39. The van der Waals surface area contributed by atoms with Crippen molar-refractivity contribution in [2.75, 3.05) is 5.32 Å². The Morgan fingerprint density at radius 3 is 2.67 bits per heavy atom. The van der Waals surface area contributed by atoms with Gasteiger partial charge in [0.15, 0.2) is 0 Å². The maximum atomic E-state index is 4.01. The van der Waals surface area contributed by atoms with Crippen LogP contribution in [0.4, 0.5) is 5.69 Å². The van der Waals surface area contributed by atoms with E-state index in [1.54, 1.807) is 6.33 Å². The van der Waals surface area contributed by atoms with Crippen molar-refractivity contribution < 1.29 is 0 Å². The van der Waals surface area contributed by atoms with Gasteiger partial charge in [-0.1, -0.05) is 29.8 Å². The summed E-state index contributed by atoms with van der Waals surface area (Å²) in [6.45, 7) is 2.15. The normalized spacial score (nSPS) is 22.3. The van der Waals surface area contributed by atoms with E-state index in [4.69, 9.17) is 0 Å². The molecule has 0 atom stereocenters. The molecule has 1 aromatic carbocycles. The molecule has 1 fully saturated rings. The summed E-state index contributed by atoms with van der Waals surface area (Å²) in [7, 11) is 0. The van der Waals surface area contributed by atoms with Crippen LogP contribution in [0, 0.1) is 6.92 Å². The van der Waals surface area contributed by atoms with Gasteiger partial charge in [-0.2, -0.15) is 0 Å². The average molecular weight is 239 g/mol. The van der Waals surface area contributed by atoms with Crippen LogP contribution in [0.3, 0.4) is 0 Å². The van der Waals surface area contributed by atoms with Gasteiger partial charge < -0.3 is 5.32 Å². The molecule has 1 heterocycles. The highest BCUT2D eigenvalue weighted by molar-refractivity contribution is 5.40. The van der Waals surface area contributed by atoms with Gasteiger partial charge in [-0.05, 0) is 31.2 Å². The van der Waals surface area contributed by atoms with E-state index in [2.05, 4.69) is 46.5 Å². The zero-order valence-corrected chi connectivity index (χ0v) is 10.5. The standard InChI is InChI=1S/C15H17N3/c1-11-3-2-4-12(5-11)13-6-14(7-13)18-15-8-16-10-17-9-15/h2-5,8-10,13-14,18H,6-7H2,1H3. The lowest BCUT2D eigenvalue weighted by Crippen LogP contribution is -2.34. The molecular weight excluding hydrogens is 222 g/mol. The maximum Gasteiger partial charge on any atom is 0.115 e. The van der Waals surface area contributed by atoms with Crippen LogP contribution in [0.5, 0.6) is 0 Å². The summed E-state index contributed by atoms with van der Waals surface area (Å²) in [4.78, 5) is 8.02. The molecule has 18 heavy (non-hydrogen) atoms. The summed E-state index contributed by atoms with van der Waals surface area (Å²) in [6, 6.07) is 9.39. The largest absolute Gasteiger partial charge is 0.380 e. The van der Waals surface area contributed by atoms with Crippen LogP contribution in [-0.4, -0.2) is 16.0 Å². The van der Waals surface area contributed by atoms with Gasteiger partial charge in [0.05, 0.1) is 18.1 Å². The zero-order valence-electron chi connectivity index (χ0n) is 10.5. The molecular formula is C15H17N3. The lowest BCUT2D eigenvalue weighted by atomic mass is 9.75. The first kappa shape index (κ1) is 11.2. The first-order valence-corrected chi connectivity index (χ1v) is 6.39. The summed E-state index contributed by atoms with van der Waals surface area (Å²) < 4.78 is 0. The molecule has 3 nitrogen and oxygen atoms in total. The molecule has 1 aliphatic carbocycles. The molecule has 0 amide bonds. The van der Waals surface area contributed by atoms with E-state index in [-0.39, 0.29) is 0 Å². The van der Waals surface area contributed by atoms with Crippen LogP contribution in [0.15, 0.2) is 43.0 Å². The van der Waals surface area contributed by atoms with Crippen LogP contribution in [0.2, 0.25) is 0 Å². The highest BCUT2D eigenvalue weighted by atomic mass is 15.0. The lowest BCUT2D eigenvalue weighted by Gasteiger charge is -2.36. The smallest absolute Gasteiger partial charge is 0.115 e. The van der Waals surface area contributed by atoms with Crippen molar-refractivity contribution in [3.63, 3.8) is 0 Å². The summed E-state index contributed by atoms with van der Waals surface area (Å²) >= 11 is 0. The number of benzene rings is 1. The van der Waals surface area contributed by atoms with E-state index >= 15 is 0 Å². The van der Waals surface area contributed by atoms with Crippen molar-refractivity contribution in [3.05, 3.63) is 54.1 Å².